The first-order valence-electron chi connectivity index (χ1n) is 8.31. The molecule has 1 N–H and O–H groups in total. The molecule has 2 aliphatic rings. The number of likely N-dealkylation sites (tertiary alicyclic amines) is 1. The Labute approximate surface area is 122 Å². The maximum atomic E-state index is 9.81. The van der Waals surface area contributed by atoms with Crippen molar-refractivity contribution in [3.05, 3.63) is 35.9 Å². The van der Waals surface area contributed by atoms with Crippen LogP contribution < -0.4 is 0 Å². The average Bonchev–Trinajstić information content (AvgIpc) is 2.55. The lowest BCUT2D eigenvalue weighted by atomic mass is 9.82. The molecule has 2 nitrogen and oxygen atoms in total. The van der Waals surface area contributed by atoms with Gasteiger partial charge >= 0.3 is 0 Å². The second-order valence-electron chi connectivity index (χ2n) is 6.47. The topological polar surface area (TPSA) is 23.5 Å². The molecule has 1 saturated carbocycles. The van der Waals surface area contributed by atoms with Crippen molar-refractivity contribution in [3.63, 3.8) is 0 Å². The van der Waals surface area contributed by atoms with Crippen LogP contribution in [-0.2, 0) is 0 Å². The molecule has 2 atom stereocenters. The Balaban J connectivity index is 1.85. The fraction of sp³-hybridized carbons (Fsp3) is 0.667. The van der Waals surface area contributed by atoms with Crippen molar-refractivity contribution in [2.45, 2.75) is 57.0 Å². The largest absolute Gasteiger partial charge is 0.396 e. The van der Waals surface area contributed by atoms with Gasteiger partial charge in [0.15, 0.2) is 0 Å². The molecule has 110 valence electrons. The van der Waals surface area contributed by atoms with Gasteiger partial charge in [-0.1, -0.05) is 49.6 Å². The van der Waals surface area contributed by atoms with Crippen LogP contribution in [0.2, 0.25) is 0 Å². The van der Waals surface area contributed by atoms with E-state index in [9.17, 15) is 5.11 Å². The summed E-state index contributed by atoms with van der Waals surface area (Å²) in [7, 11) is 0. The highest BCUT2D eigenvalue weighted by molar-refractivity contribution is 5.21. The molecule has 0 aromatic heterocycles. The maximum absolute atomic E-state index is 9.81. The summed E-state index contributed by atoms with van der Waals surface area (Å²) in [5, 5.41) is 9.81. The van der Waals surface area contributed by atoms with Crippen LogP contribution in [0.3, 0.4) is 0 Å². The fourth-order valence-corrected chi connectivity index (χ4v) is 4.23. The quantitative estimate of drug-likeness (QED) is 0.906. The molecule has 0 amide bonds. The van der Waals surface area contributed by atoms with Gasteiger partial charge in [0.1, 0.15) is 0 Å². The molecular formula is C18H27NO. The molecule has 2 heteroatoms. The second kappa shape index (κ2) is 6.73. The molecule has 0 unspecified atom stereocenters. The molecule has 1 aliphatic carbocycles. The lowest BCUT2D eigenvalue weighted by Gasteiger charge is -2.46. The zero-order valence-electron chi connectivity index (χ0n) is 12.4. The van der Waals surface area contributed by atoms with Crippen molar-refractivity contribution in [3.8, 4) is 0 Å². The van der Waals surface area contributed by atoms with Gasteiger partial charge in [-0.2, -0.15) is 0 Å². The van der Waals surface area contributed by atoms with Crippen LogP contribution in [0.4, 0.5) is 0 Å². The van der Waals surface area contributed by atoms with E-state index in [1.807, 2.05) is 0 Å². The van der Waals surface area contributed by atoms with Gasteiger partial charge in [-0.3, -0.25) is 4.90 Å². The van der Waals surface area contributed by atoms with E-state index in [-0.39, 0.29) is 0 Å². The lowest BCUT2D eigenvalue weighted by Crippen LogP contribution is -2.46. The summed E-state index contributed by atoms with van der Waals surface area (Å²) in [6.45, 7) is 1.53. The molecule has 1 aromatic rings. The van der Waals surface area contributed by atoms with Gasteiger partial charge < -0.3 is 5.11 Å². The van der Waals surface area contributed by atoms with Crippen molar-refractivity contribution < 1.29 is 5.11 Å². The van der Waals surface area contributed by atoms with Crippen molar-refractivity contribution >= 4 is 0 Å². The van der Waals surface area contributed by atoms with E-state index >= 15 is 0 Å². The van der Waals surface area contributed by atoms with Gasteiger partial charge in [-0.25, -0.2) is 0 Å². The molecule has 2 fully saturated rings. The molecule has 0 radical (unpaired) electrons. The van der Waals surface area contributed by atoms with Crippen LogP contribution >= 0.6 is 0 Å². The Hall–Kier alpha value is -0.860. The number of aliphatic hydroxyl groups is 1. The summed E-state index contributed by atoms with van der Waals surface area (Å²) in [6.07, 6.45) is 9.27. The average molecular weight is 273 g/mol. The van der Waals surface area contributed by atoms with Gasteiger partial charge in [0.2, 0.25) is 0 Å². The van der Waals surface area contributed by atoms with Crippen molar-refractivity contribution in [1.82, 2.24) is 4.90 Å². The first-order valence-corrected chi connectivity index (χ1v) is 8.31. The third-order valence-electron chi connectivity index (χ3n) is 5.21. The predicted octanol–water partition coefficient (Wildman–Crippen LogP) is 3.76. The SMILES string of the molecule is OC[C@H]1CCCN(C2CCCCC2)[C@@H]1c1ccccc1. The summed E-state index contributed by atoms with van der Waals surface area (Å²) in [4.78, 5) is 2.72. The molecule has 20 heavy (non-hydrogen) atoms. The Morgan fingerprint density at radius 2 is 1.70 bits per heavy atom. The van der Waals surface area contributed by atoms with E-state index in [0.29, 0.717) is 18.6 Å². The lowest BCUT2D eigenvalue weighted by molar-refractivity contribution is 0.0119. The van der Waals surface area contributed by atoms with Crippen LogP contribution in [0.25, 0.3) is 0 Å². The molecule has 1 aromatic carbocycles. The summed E-state index contributed by atoms with van der Waals surface area (Å²) in [6, 6.07) is 12.0. The van der Waals surface area contributed by atoms with Crippen LogP contribution in [0.5, 0.6) is 0 Å². The monoisotopic (exact) mass is 273 g/mol. The van der Waals surface area contributed by atoms with Crippen molar-refractivity contribution in [1.29, 1.82) is 0 Å². The number of aliphatic hydroxyl groups excluding tert-OH is 1. The molecule has 1 heterocycles. The van der Waals surface area contributed by atoms with Crippen LogP contribution in [-0.4, -0.2) is 29.2 Å². The van der Waals surface area contributed by atoms with Gasteiger partial charge in [-0.05, 0) is 37.8 Å². The zero-order valence-corrected chi connectivity index (χ0v) is 12.4. The smallest absolute Gasteiger partial charge is 0.0477 e. The summed E-state index contributed by atoms with van der Waals surface area (Å²) < 4.78 is 0. The normalized spacial score (nSPS) is 29.4. The molecule has 1 aliphatic heterocycles. The van der Waals surface area contributed by atoms with E-state index in [1.165, 1.54) is 57.1 Å². The van der Waals surface area contributed by atoms with Gasteiger partial charge in [-0.15, -0.1) is 0 Å². The van der Waals surface area contributed by atoms with Crippen molar-refractivity contribution in [2.24, 2.45) is 5.92 Å². The third kappa shape index (κ3) is 2.91. The Kier molecular flexibility index (Phi) is 4.74. The minimum atomic E-state index is 0.322. The Bertz CT molecular complexity index is 399. The first-order chi connectivity index (χ1) is 9.90. The van der Waals surface area contributed by atoms with E-state index in [4.69, 9.17) is 0 Å². The zero-order chi connectivity index (χ0) is 13.8. The molecular weight excluding hydrogens is 246 g/mol. The molecule has 0 bridgehead atoms. The predicted molar refractivity (Wildman–Crippen MR) is 82.6 cm³/mol. The van der Waals surface area contributed by atoms with E-state index < -0.39 is 0 Å². The van der Waals surface area contributed by atoms with E-state index in [0.717, 1.165) is 6.04 Å². The summed E-state index contributed by atoms with van der Waals surface area (Å²) in [5.74, 6) is 0.410. The number of nitrogens with zero attached hydrogens (tertiary/aromatic N) is 1. The van der Waals surface area contributed by atoms with Crippen LogP contribution in [0.1, 0.15) is 56.6 Å². The molecule has 3 rings (SSSR count). The highest BCUT2D eigenvalue weighted by Gasteiger charge is 2.36. The highest BCUT2D eigenvalue weighted by atomic mass is 16.3. The fourth-order valence-electron chi connectivity index (χ4n) is 4.23. The van der Waals surface area contributed by atoms with Gasteiger partial charge in [0, 0.05) is 24.6 Å². The minimum absolute atomic E-state index is 0.322. The van der Waals surface area contributed by atoms with Crippen molar-refractivity contribution in [2.75, 3.05) is 13.2 Å². The number of benzene rings is 1. The van der Waals surface area contributed by atoms with Gasteiger partial charge in [0.25, 0.3) is 0 Å². The summed E-state index contributed by atoms with van der Waals surface area (Å²) >= 11 is 0. The second-order valence-corrected chi connectivity index (χ2v) is 6.47. The van der Waals surface area contributed by atoms with E-state index in [2.05, 4.69) is 35.2 Å². The Morgan fingerprint density at radius 3 is 2.40 bits per heavy atom. The first kappa shape index (κ1) is 14.1. The van der Waals surface area contributed by atoms with Gasteiger partial charge in [0.05, 0.1) is 0 Å². The maximum Gasteiger partial charge on any atom is 0.0477 e. The number of rotatable bonds is 3. The highest BCUT2D eigenvalue weighted by Crippen LogP contribution is 2.39. The minimum Gasteiger partial charge on any atom is -0.396 e. The standard InChI is InChI=1S/C18H27NO/c20-14-16-10-7-13-19(17-11-5-2-6-12-17)18(16)15-8-3-1-4-9-15/h1,3-4,8-9,16-18,20H,2,5-7,10-14H2/t16-,18-/m1/s1. The number of hydrogen-bond donors (Lipinski definition) is 1. The molecule has 1 saturated heterocycles. The van der Waals surface area contributed by atoms with E-state index in [1.54, 1.807) is 0 Å². The molecule has 0 spiro atoms. The number of piperidine rings is 1. The van der Waals surface area contributed by atoms with Crippen LogP contribution in [0, 0.1) is 5.92 Å². The number of hydrogen-bond acceptors (Lipinski definition) is 2. The third-order valence-corrected chi connectivity index (χ3v) is 5.21. The Morgan fingerprint density at radius 1 is 0.950 bits per heavy atom. The summed E-state index contributed by atoms with van der Waals surface area (Å²) in [5.41, 5.74) is 1.40. The van der Waals surface area contributed by atoms with Crippen LogP contribution in [0.15, 0.2) is 30.3 Å².